The maximum absolute atomic E-state index is 11.7. The minimum absolute atomic E-state index is 0.0913. The Labute approximate surface area is 101 Å². The van der Waals surface area contributed by atoms with Crippen LogP contribution in [0, 0.1) is 0 Å². The van der Waals surface area contributed by atoms with Crippen molar-refractivity contribution in [3.05, 3.63) is 43.4 Å². The van der Waals surface area contributed by atoms with Crippen molar-refractivity contribution in [3.8, 4) is 0 Å². The molecule has 0 unspecified atom stereocenters. The lowest BCUT2D eigenvalue weighted by Crippen LogP contribution is -1.95. The van der Waals surface area contributed by atoms with Gasteiger partial charge in [0.2, 0.25) is 5.78 Å². The second kappa shape index (κ2) is 4.00. The summed E-state index contributed by atoms with van der Waals surface area (Å²) in [6.07, 6.45) is 1.49. The average Bonchev–Trinajstić information content (AvgIpc) is 2.76. The number of rotatable bonds is 2. The number of ketones is 1. The van der Waals surface area contributed by atoms with Crippen LogP contribution in [0.5, 0.6) is 0 Å². The van der Waals surface area contributed by atoms with Crippen molar-refractivity contribution < 1.29 is 9.21 Å². The molecular formula is C9H4Br2O2S. The van der Waals surface area contributed by atoms with E-state index in [0.717, 1.165) is 8.26 Å². The summed E-state index contributed by atoms with van der Waals surface area (Å²) in [6.45, 7) is 0. The van der Waals surface area contributed by atoms with E-state index in [2.05, 4.69) is 31.9 Å². The summed E-state index contributed by atoms with van der Waals surface area (Å²) in [5.41, 5.74) is 0. The third kappa shape index (κ3) is 1.85. The van der Waals surface area contributed by atoms with E-state index in [1.165, 1.54) is 17.6 Å². The van der Waals surface area contributed by atoms with E-state index < -0.39 is 0 Å². The molecule has 2 heterocycles. The quantitative estimate of drug-likeness (QED) is 0.773. The molecule has 2 aromatic rings. The highest BCUT2D eigenvalue weighted by molar-refractivity contribution is 9.13. The molecule has 72 valence electrons. The Kier molecular flexibility index (Phi) is 2.90. The molecular weight excluding hydrogens is 332 g/mol. The summed E-state index contributed by atoms with van der Waals surface area (Å²) in [4.78, 5) is 12.4. The molecule has 0 fully saturated rings. The average molecular weight is 336 g/mol. The summed E-state index contributed by atoms with van der Waals surface area (Å²) >= 11 is 8.05. The van der Waals surface area contributed by atoms with E-state index in [-0.39, 0.29) is 5.78 Å². The van der Waals surface area contributed by atoms with Crippen LogP contribution < -0.4 is 0 Å². The smallest absolute Gasteiger partial charge is 0.238 e. The molecule has 0 spiro atoms. The first kappa shape index (κ1) is 10.1. The van der Waals surface area contributed by atoms with E-state index in [0.29, 0.717) is 10.6 Å². The maximum atomic E-state index is 11.7. The van der Waals surface area contributed by atoms with Crippen molar-refractivity contribution in [1.82, 2.24) is 0 Å². The van der Waals surface area contributed by atoms with Crippen molar-refractivity contribution in [2.75, 3.05) is 0 Å². The summed E-state index contributed by atoms with van der Waals surface area (Å²) in [7, 11) is 0. The number of hydrogen-bond donors (Lipinski definition) is 0. The largest absolute Gasteiger partial charge is 0.461 e. The minimum Gasteiger partial charge on any atom is -0.461 e. The minimum atomic E-state index is -0.0913. The SMILES string of the molecule is O=C(c1ccco1)c1cc(Br)c(Br)s1. The molecule has 14 heavy (non-hydrogen) atoms. The predicted octanol–water partition coefficient (Wildman–Crippen LogP) is 4.10. The lowest BCUT2D eigenvalue weighted by molar-refractivity contribution is 0.101. The van der Waals surface area contributed by atoms with Gasteiger partial charge in [0.05, 0.1) is 14.9 Å². The lowest BCUT2D eigenvalue weighted by atomic mass is 10.2. The Hall–Kier alpha value is -0.390. The van der Waals surface area contributed by atoms with E-state index in [1.54, 1.807) is 18.2 Å². The van der Waals surface area contributed by atoms with Crippen molar-refractivity contribution in [2.45, 2.75) is 0 Å². The topological polar surface area (TPSA) is 30.2 Å². The molecule has 0 N–H and O–H groups in total. The lowest BCUT2D eigenvalue weighted by Gasteiger charge is -1.89. The van der Waals surface area contributed by atoms with Crippen LogP contribution in [0.3, 0.4) is 0 Å². The fourth-order valence-electron chi connectivity index (χ4n) is 0.988. The molecule has 2 rings (SSSR count). The molecule has 5 heteroatoms. The number of hydrogen-bond acceptors (Lipinski definition) is 3. The Balaban J connectivity index is 2.37. The second-order valence-electron chi connectivity index (χ2n) is 2.54. The van der Waals surface area contributed by atoms with Gasteiger partial charge in [0.25, 0.3) is 0 Å². The summed E-state index contributed by atoms with van der Waals surface area (Å²) in [5, 5.41) is 0. The van der Waals surface area contributed by atoms with Gasteiger partial charge in [0, 0.05) is 4.47 Å². The van der Waals surface area contributed by atoms with Crippen LogP contribution in [0.2, 0.25) is 0 Å². The Morgan fingerprint density at radius 3 is 2.71 bits per heavy atom. The van der Waals surface area contributed by atoms with Crippen LogP contribution in [0.15, 0.2) is 37.1 Å². The van der Waals surface area contributed by atoms with Gasteiger partial charge in [-0.25, -0.2) is 0 Å². The molecule has 0 aromatic carbocycles. The van der Waals surface area contributed by atoms with Gasteiger partial charge in [-0.15, -0.1) is 11.3 Å². The molecule has 0 atom stereocenters. The maximum Gasteiger partial charge on any atom is 0.238 e. The van der Waals surface area contributed by atoms with Crippen LogP contribution in [-0.4, -0.2) is 5.78 Å². The molecule has 0 saturated heterocycles. The van der Waals surface area contributed by atoms with Crippen LogP contribution in [0.1, 0.15) is 15.4 Å². The van der Waals surface area contributed by atoms with Crippen LogP contribution in [0.4, 0.5) is 0 Å². The van der Waals surface area contributed by atoms with Gasteiger partial charge in [0.1, 0.15) is 0 Å². The molecule has 2 nitrogen and oxygen atoms in total. The van der Waals surface area contributed by atoms with Crippen molar-refractivity contribution in [3.63, 3.8) is 0 Å². The fraction of sp³-hybridized carbons (Fsp3) is 0. The Morgan fingerprint density at radius 1 is 1.43 bits per heavy atom. The summed E-state index contributed by atoms with van der Waals surface area (Å²) < 4.78 is 6.82. The van der Waals surface area contributed by atoms with Crippen LogP contribution in [-0.2, 0) is 0 Å². The van der Waals surface area contributed by atoms with Gasteiger partial charge < -0.3 is 4.42 Å². The standard InChI is InChI=1S/C9H4Br2O2S/c10-5-4-7(14-9(5)11)8(12)6-2-1-3-13-6/h1-4H. The van der Waals surface area contributed by atoms with E-state index in [1.807, 2.05) is 0 Å². The van der Waals surface area contributed by atoms with Gasteiger partial charge >= 0.3 is 0 Å². The molecule has 0 radical (unpaired) electrons. The van der Waals surface area contributed by atoms with Gasteiger partial charge in [-0.2, -0.15) is 0 Å². The number of furan rings is 1. The zero-order chi connectivity index (χ0) is 10.1. The van der Waals surface area contributed by atoms with E-state index >= 15 is 0 Å². The van der Waals surface area contributed by atoms with Gasteiger partial charge in [-0.3, -0.25) is 4.79 Å². The van der Waals surface area contributed by atoms with Crippen molar-refractivity contribution >= 4 is 49.0 Å². The molecule has 2 aromatic heterocycles. The number of carbonyl (C=O) groups is 1. The highest BCUT2D eigenvalue weighted by atomic mass is 79.9. The second-order valence-corrected chi connectivity index (χ2v) is 5.76. The van der Waals surface area contributed by atoms with Gasteiger partial charge in [-0.05, 0) is 50.1 Å². The molecule has 0 aliphatic rings. The fourth-order valence-corrected chi connectivity index (χ4v) is 2.97. The summed E-state index contributed by atoms with van der Waals surface area (Å²) in [6, 6.07) is 5.13. The van der Waals surface area contributed by atoms with Gasteiger partial charge in [0.15, 0.2) is 5.76 Å². The van der Waals surface area contributed by atoms with Crippen molar-refractivity contribution in [2.24, 2.45) is 0 Å². The molecule has 0 saturated carbocycles. The highest BCUT2D eigenvalue weighted by Crippen LogP contribution is 2.33. The molecule has 0 aliphatic heterocycles. The number of thiophene rings is 1. The molecule has 0 aliphatic carbocycles. The third-order valence-corrected chi connectivity index (χ3v) is 4.87. The zero-order valence-corrected chi connectivity index (χ0v) is 10.8. The normalized spacial score (nSPS) is 10.4. The molecule has 0 amide bonds. The predicted molar refractivity (Wildman–Crippen MR) is 61.9 cm³/mol. The monoisotopic (exact) mass is 334 g/mol. The van der Waals surface area contributed by atoms with Crippen molar-refractivity contribution in [1.29, 1.82) is 0 Å². The van der Waals surface area contributed by atoms with Gasteiger partial charge in [-0.1, -0.05) is 0 Å². The number of carbonyl (C=O) groups excluding carboxylic acids is 1. The van der Waals surface area contributed by atoms with Crippen LogP contribution in [0.25, 0.3) is 0 Å². The highest BCUT2D eigenvalue weighted by Gasteiger charge is 2.15. The molecule has 0 bridgehead atoms. The summed E-state index contributed by atoms with van der Waals surface area (Å²) in [5.74, 6) is 0.276. The van der Waals surface area contributed by atoms with Crippen LogP contribution >= 0.6 is 43.2 Å². The number of halogens is 2. The Bertz CT molecular complexity index is 440. The van der Waals surface area contributed by atoms with E-state index in [9.17, 15) is 4.79 Å². The first-order valence-corrected chi connectivity index (χ1v) is 6.12. The zero-order valence-electron chi connectivity index (χ0n) is 6.79. The Morgan fingerprint density at radius 2 is 2.21 bits per heavy atom. The first-order valence-electron chi connectivity index (χ1n) is 3.71. The van der Waals surface area contributed by atoms with E-state index in [4.69, 9.17) is 4.42 Å². The third-order valence-electron chi connectivity index (χ3n) is 1.61. The first-order chi connectivity index (χ1) is 6.68.